The zero-order chi connectivity index (χ0) is 21.7. The summed E-state index contributed by atoms with van der Waals surface area (Å²) in [5.41, 5.74) is 0.333. The molecule has 0 aromatic heterocycles. The number of aliphatic carboxylic acids is 1. The van der Waals surface area contributed by atoms with Crippen LogP contribution in [0.2, 0.25) is 0 Å². The molecule has 1 saturated heterocycles. The van der Waals surface area contributed by atoms with Crippen LogP contribution >= 0.6 is 0 Å². The summed E-state index contributed by atoms with van der Waals surface area (Å²) in [7, 11) is 0. The van der Waals surface area contributed by atoms with E-state index in [4.69, 9.17) is 5.11 Å². The van der Waals surface area contributed by atoms with Crippen LogP contribution in [0.25, 0.3) is 5.76 Å². The molecule has 1 aliphatic heterocycles. The molecule has 0 radical (unpaired) electrons. The minimum atomic E-state index is -1.05. The van der Waals surface area contributed by atoms with Crippen molar-refractivity contribution in [3.05, 3.63) is 77.1 Å². The second-order valence-electron chi connectivity index (χ2n) is 7.08. The van der Waals surface area contributed by atoms with E-state index < -0.39 is 29.5 Å². The lowest BCUT2D eigenvalue weighted by Crippen LogP contribution is -2.31. The van der Waals surface area contributed by atoms with Crippen molar-refractivity contribution in [2.24, 2.45) is 0 Å². The lowest BCUT2D eigenvalue weighted by atomic mass is 9.95. The molecule has 1 aliphatic rings. The van der Waals surface area contributed by atoms with E-state index in [1.807, 2.05) is 0 Å². The summed E-state index contributed by atoms with van der Waals surface area (Å²) in [6, 6.07) is 13.1. The Morgan fingerprint density at radius 1 is 0.933 bits per heavy atom. The number of likely N-dealkylation sites (tertiary alicyclic amines) is 1. The van der Waals surface area contributed by atoms with Gasteiger partial charge in [-0.05, 0) is 18.9 Å². The number of aliphatic hydroxyl groups excluding tert-OH is 1. The molecule has 2 aromatic rings. The van der Waals surface area contributed by atoms with E-state index in [9.17, 15) is 23.9 Å². The average Bonchev–Trinajstić information content (AvgIpc) is 2.98. The quantitative estimate of drug-likeness (QED) is 0.297. The second kappa shape index (κ2) is 9.35. The van der Waals surface area contributed by atoms with Gasteiger partial charge >= 0.3 is 5.97 Å². The minimum Gasteiger partial charge on any atom is -0.507 e. The number of carboxylic acids is 1. The monoisotopic (exact) mass is 411 g/mol. The summed E-state index contributed by atoms with van der Waals surface area (Å²) < 4.78 is 14.6. The lowest BCUT2D eigenvalue weighted by molar-refractivity contribution is -0.140. The van der Waals surface area contributed by atoms with Gasteiger partial charge in [-0.1, -0.05) is 55.0 Å². The summed E-state index contributed by atoms with van der Waals surface area (Å²) in [5.74, 6) is -3.51. The molecule has 1 heterocycles. The molecular weight excluding hydrogens is 389 g/mol. The lowest BCUT2D eigenvalue weighted by Gasteiger charge is -2.25. The number of hydrogen-bond donors (Lipinski definition) is 2. The first-order valence-electron chi connectivity index (χ1n) is 9.72. The summed E-state index contributed by atoms with van der Waals surface area (Å²) in [4.78, 5) is 37.4. The molecule has 0 saturated carbocycles. The summed E-state index contributed by atoms with van der Waals surface area (Å²) in [5, 5.41) is 19.6. The summed E-state index contributed by atoms with van der Waals surface area (Å²) >= 11 is 0. The molecule has 30 heavy (non-hydrogen) atoms. The van der Waals surface area contributed by atoms with E-state index in [0.29, 0.717) is 24.8 Å². The van der Waals surface area contributed by atoms with E-state index in [0.717, 1.165) is 0 Å². The molecule has 7 heteroatoms. The molecule has 6 nitrogen and oxygen atoms in total. The Morgan fingerprint density at radius 3 is 2.27 bits per heavy atom. The third kappa shape index (κ3) is 4.40. The van der Waals surface area contributed by atoms with Crippen molar-refractivity contribution in [3.8, 4) is 0 Å². The van der Waals surface area contributed by atoms with Crippen molar-refractivity contribution in [3.63, 3.8) is 0 Å². The zero-order valence-electron chi connectivity index (χ0n) is 16.3. The number of amides is 1. The van der Waals surface area contributed by atoms with Crippen LogP contribution in [0.1, 0.15) is 42.9 Å². The average molecular weight is 411 g/mol. The Labute approximate surface area is 173 Å². The maximum atomic E-state index is 14.6. The number of ketones is 1. The van der Waals surface area contributed by atoms with E-state index in [-0.39, 0.29) is 29.9 Å². The van der Waals surface area contributed by atoms with Gasteiger partial charge in [-0.15, -0.1) is 0 Å². The Balaban J connectivity index is 1.98. The molecule has 1 amide bonds. The van der Waals surface area contributed by atoms with Crippen LogP contribution in [0.4, 0.5) is 4.39 Å². The van der Waals surface area contributed by atoms with Crippen LogP contribution in [0.5, 0.6) is 0 Å². The predicted octanol–water partition coefficient (Wildman–Crippen LogP) is 3.89. The number of rotatable bonds is 8. The van der Waals surface area contributed by atoms with E-state index in [1.165, 1.54) is 23.1 Å². The van der Waals surface area contributed by atoms with Gasteiger partial charge in [0.25, 0.3) is 11.7 Å². The number of halogens is 1. The van der Waals surface area contributed by atoms with Crippen molar-refractivity contribution < 1.29 is 29.0 Å². The van der Waals surface area contributed by atoms with Gasteiger partial charge in [-0.25, -0.2) is 4.39 Å². The topological polar surface area (TPSA) is 94.9 Å². The van der Waals surface area contributed by atoms with Crippen LogP contribution in [0, 0.1) is 5.82 Å². The van der Waals surface area contributed by atoms with Crippen LogP contribution in [0.15, 0.2) is 60.2 Å². The minimum absolute atomic E-state index is 0.0174. The highest BCUT2D eigenvalue weighted by molar-refractivity contribution is 6.46. The van der Waals surface area contributed by atoms with Crippen LogP contribution in [-0.2, 0) is 14.4 Å². The van der Waals surface area contributed by atoms with Gasteiger partial charge in [0.05, 0.1) is 11.6 Å². The van der Waals surface area contributed by atoms with Gasteiger partial charge in [0, 0.05) is 24.1 Å². The summed E-state index contributed by atoms with van der Waals surface area (Å²) in [6.07, 6.45) is 1.45. The first-order valence-corrected chi connectivity index (χ1v) is 9.72. The highest BCUT2D eigenvalue weighted by Gasteiger charge is 2.46. The Morgan fingerprint density at radius 2 is 1.60 bits per heavy atom. The van der Waals surface area contributed by atoms with Gasteiger partial charge < -0.3 is 15.1 Å². The number of nitrogens with zero attached hydrogens (tertiary/aromatic N) is 1. The third-order valence-electron chi connectivity index (χ3n) is 5.08. The maximum absolute atomic E-state index is 14.6. The summed E-state index contributed by atoms with van der Waals surface area (Å²) in [6.45, 7) is 0.148. The molecular formula is C23H22FNO5. The normalized spacial score (nSPS) is 18.0. The molecule has 0 spiro atoms. The third-order valence-corrected chi connectivity index (χ3v) is 5.08. The predicted molar refractivity (Wildman–Crippen MR) is 108 cm³/mol. The standard InChI is InChI=1S/C23H22FNO5/c24-17-12-7-6-11-16(17)20-19(21(28)15-9-3-1-4-10-15)22(29)23(30)25(20)14-8-2-5-13-18(26)27/h1,3-4,6-7,9-12,20,28H,2,5,8,13-14H2,(H,26,27). The van der Waals surface area contributed by atoms with E-state index in [1.54, 1.807) is 36.4 Å². The fraction of sp³-hybridized carbons (Fsp3) is 0.261. The fourth-order valence-electron chi connectivity index (χ4n) is 3.62. The smallest absolute Gasteiger partial charge is 0.303 e. The highest BCUT2D eigenvalue weighted by Crippen LogP contribution is 2.40. The van der Waals surface area contributed by atoms with Gasteiger partial charge in [0.2, 0.25) is 0 Å². The number of carbonyl (C=O) groups excluding carboxylic acids is 2. The van der Waals surface area contributed by atoms with E-state index >= 15 is 0 Å². The molecule has 1 atom stereocenters. The second-order valence-corrected chi connectivity index (χ2v) is 7.08. The molecule has 3 rings (SSSR count). The maximum Gasteiger partial charge on any atom is 0.303 e. The van der Waals surface area contributed by atoms with Crippen LogP contribution < -0.4 is 0 Å². The van der Waals surface area contributed by atoms with Gasteiger partial charge in [-0.3, -0.25) is 14.4 Å². The SMILES string of the molecule is O=C(O)CCCCCN1C(=O)C(=O)C(=C(O)c2ccccc2)C1c1ccccc1F. The highest BCUT2D eigenvalue weighted by atomic mass is 19.1. The van der Waals surface area contributed by atoms with Gasteiger partial charge in [-0.2, -0.15) is 0 Å². The van der Waals surface area contributed by atoms with Crippen molar-refractivity contribution in [1.82, 2.24) is 4.90 Å². The zero-order valence-corrected chi connectivity index (χ0v) is 16.3. The van der Waals surface area contributed by atoms with Crippen LogP contribution in [-0.4, -0.2) is 39.3 Å². The number of benzene rings is 2. The fourth-order valence-corrected chi connectivity index (χ4v) is 3.62. The van der Waals surface area contributed by atoms with E-state index in [2.05, 4.69) is 0 Å². The van der Waals surface area contributed by atoms with Crippen molar-refractivity contribution >= 4 is 23.4 Å². The largest absolute Gasteiger partial charge is 0.507 e. The van der Waals surface area contributed by atoms with Gasteiger partial charge in [0.1, 0.15) is 11.6 Å². The van der Waals surface area contributed by atoms with Crippen LogP contribution in [0.3, 0.4) is 0 Å². The van der Waals surface area contributed by atoms with Crippen molar-refractivity contribution in [2.45, 2.75) is 31.7 Å². The Hall–Kier alpha value is -3.48. The molecule has 2 aromatic carbocycles. The number of hydrogen-bond acceptors (Lipinski definition) is 4. The number of Topliss-reactive ketones (excluding diaryl/α,β-unsaturated/α-hetero) is 1. The van der Waals surface area contributed by atoms with Crippen molar-refractivity contribution in [2.75, 3.05) is 6.54 Å². The first kappa shape index (κ1) is 21.2. The number of aliphatic hydroxyl groups is 1. The van der Waals surface area contributed by atoms with Crippen molar-refractivity contribution in [1.29, 1.82) is 0 Å². The molecule has 0 bridgehead atoms. The molecule has 1 unspecified atom stereocenters. The molecule has 156 valence electrons. The molecule has 0 aliphatic carbocycles. The molecule has 2 N–H and O–H groups in total. The Bertz CT molecular complexity index is 986. The number of carboxylic acid groups (broad SMARTS) is 1. The van der Waals surface area contributed by atoms with Gasteiger partial charge in [0.15, 0.2) is 0 Å². The molecule has 1 fully saturated rings. The Kier molecular flexibility index (Phi) is 6.61. The number of unbranched alkanes of at least 4 members (excludes halogenated alkanes) is 2. The number of carbonyl (C=O) groups is 3. The first-order chi connectivity index (χ1) is 14.4.